The fourth-order valence-electron chi connectivity index (χ4n) is 0.847. The summed E-state index contributed by atoms with van der Waals surface area (Å²) in [6.45, 7) is 3.37. The van der Waals surface area contributed by atoms with Gasteiger partial charge < -0.3 is 14.6 Å². The molecule has 0 bridgehead atoms. The van der Waals surface area contributed by atoms with Crippen LogP contribution < -0.4 is 5.32 Å². The molecule has 0 saturated carbocycles. The van der Waals surface area contributed by atoms with Crippen LogP contribution in [0.2, 0.25) is 0 Å². The second-order valence-electron chi connectivity index (χ2n) is 2.67. The van der Waals surface area contributed by atoms with E-state index in [4.69, 9.17) is 4.74 Å². The van der Waals surface area contributed by atoms with Gasteiger partial charge in [-0.15, -0.1) is 0 Å². The van der Waals surface area contributed by atoms with Crippen molar-refractivity contribution in [3.05, 3.63) is 0 Å². The van der Waals surface area contributed by atoms with Gasteiger partial charge in [-0.2, -0.15) is 0 Å². The Hall–Kier alpha value is 0.0300. The molecule has 0 heterocycles. The van der Waals surface area contributed by atoms with E-state index in [0.717, 1.165) is 6.54 Å². The molecule has 0 aliphatic rings. The zero-order valence-electron chi connectivity index (χ0n) is 7.54. The van der Waals surface area contributed by atoms with Gasteiger partial charge in [0.2, 0.25) is 0 Å². The van der Waals surface area contributed by atoms with E-state index >= 15 is 0 Å². The Morgan fingerprint density at radius 2 is 2.33 bits per heavy atom. The molecule has 0 amide bonds. The summed E-state index contributed by atoms with van der Waals surface area (Å²) in [4.78, 5) is 0. The first-order chi connectivity index (χ1) is 5.66. The van der Waals surface area contributed by atoms with Gasteiger partial charge in [-0.25, -0.2) is 0 Å². The smallest absolute Gasteiger partial charge is 0.0613 e. The topological polar surface area (TPSA) is 61.4 Å². The van der Waals surface area contributed by atoms with Crippen LogP contribution in [0.4, 0.5) is 0 Å². The van der Waals surface area contributed by atoms with E-state index in [-0.39, 0.29) is 11.8 Å². The van der Waals surface area contributed by atoms with Crippen molar-refractivity contribution in [1.29, 1.82) is 0 Å². The van der Waals surface area contributed by atoms with Crippen molar-refractivity contribution in [2.24, 2.45) is 0 Å². The number of rotatable bonds is 7. The molecule has 0 aromatic rings. The van der Waals surface area contributed by atoms with Gasteiger partial charge in [-0.1, -0.05) is 11.1 Å². The predicted octanol–water partition coefficient (Wildman–Crippen LogP) is -0.120. The largest absolute Gasteiger partial charge is 0.772 e. The third kappa shape index (κ3) is 8.13. The van der Waals surface area contributed by atoms with Crippen molar-refractivity contribution in [3.63, 3.8) is 0 Å². The van der Waals surface area contributed by atoms with E-state index in [9.17, 15) is 8.76 Å². The lowest BCUT2D eigenvalue weighted by Crippen LogP contribution is -2.31. The lowest BCUT2D eigenvalue weighted by molar-refractivity contribution is 0.172. The summed E-state index contributed by atoms with van der Waals surface area (Å²) in [5.41, 5.74) is 0. The number of hydrogen-bond donors (Lipinski definition) is 1. The Kier molecular flexibility index (Phi) is 7.69. The highest BCUT2D eigenvalue weighted by Crippen LogP contribution is 1.85. The molecule has 74 valence electrons. The summed E-state index contributed by atoms with van der Waals surface area (Å²) in [6, 6.07) is 0.287. The van der Waals surface area contributed by atoms with Gasteiger partial charge in [-0.05, 0) is 19.9 Å². The molecule has 2 atom stereocenters. The van der Waals surface area contributed by atoms with E-state index in [2.05, 4.69) is 5.32 Å². The standard InChI is InChI=1S/C7H17NO3S/c1-7(6-11-2)8-4-3-5-12(9)10/h7-8H,3-6H2,1-2H3,(H,9,10)/p-1. The monoisotopic (exact) mass is 194 g/mol. The van der Waals surface area contributed by atoms with Crippen LogP contribution in [-0.2, 0) is 15.8 Å². The van der Waals surface area contributed by atoms with Crippen molar-refractivity contribution in [3.8, 4) is 0 Å². The van der Waals surface area contributed by atoms with Gasteiger partial charge in [0.25, 0.3) is 0 Å². The van der Waals surface area contributed by atoms with Crippen molar-refractivity contribution >= 4 is 11.1 Å². The van der Waals surface area contributed by atoms with Gasteiger partial charge in [-0.3, -0.25) is 4.21 Å². The van der Waals surface area contributed by atoms with Gasteiger partial charge in [0.05, 0.1) is 6.61 Å². The summed E-state index contributed by atoms with van der Waals surface area (Å²) < 4.78 is 25.1. The van der Waals surface area contributed by atoms with Crippen LogP contribution in [0.1, 0.15) is 13.3 Å². The van der Waals surface area contributed by atoms with Gasteiger partial charge in [0.15, 0.2) is 0 Å². The summed E-state index contributed by atoms with van der Waals surface area (Å²) >= 11 is -1.91. The Bertz CT molecular complexity index is 132. The first kappa shape index (κ1) is 12.0. The van der Waals surface area contributed by atoms with Crippen LogP contribution in [0.3, 0.4) is 0 Å². The Balaban J connectivity index is 3.13. The molecule has 4 nitrogen and oxygen atoms in total. The van der Waals surface area contributed by atoms with Gasteiger partial charge in [0, 0.05) is 18.9 Å². The second kappa shape index (κ2) is 7.67. The molecule has 0 rings (SSSR count). The second-order valence-corrected chi connectivity index (χ2v) is 3.69. The normalized spacial score (nSPS) is 15.9. The molecule has 2 unspecified atom stereocenters. The molecule has 0 aromatic heterocycles. The molecular weight excluding hydrogens is 178 g/mol. The number of methoxy groups -OCH3 is 1. The zero-order valence-corrected chi connectivity index (χ0v) is 8.36. The molecule has 12 heavy (non-hydrogen) atoms. The fraction of sp³-hybridized carbons (Fsp3) is 1.00. The lowest BCUT2D eigenvalue weighted by Gasteiger charge is -2.12. The highest BCUT2D eigenvalue weighted by molar-refractivity contribution is 7.79. The zero-order chi connectivity index (χ0) is 9.40. The number of nitrogens with one attached hydrogen (secondary N) is 1. The molecule has 0 radical (unpaired) electrons. The van der Waals surface area contributed by atoms with E-state index in [1.165, 1.54) is 0 Å². The van der Waals surface area contributed by atoms with Crippen LogP contribution in [-0.4, -0.2) is 40.8 Å². The summed E-state index contributed by atoms with van der Waals surface area (Å²) in [5.74, 6) is 0.229. The Morgan fingerprint density at radius 3 is 2.83 bits per heavy atom. The Morgan fingerprint density at radius 1 is 1.67 bits per heavy atom. The van der Waals surface area contributed by atoms with Gasteiger partial charge in [0.1, 0.15) is 0 Å². The van der Waals surface area contributed by atoms with Crippen LogP contribution in [0.5, 0.6) is 0 Å². The first-order valence-electron chi connectivity index (χ1n) is 3.95. The maximum atomic E-state index is 10.1. The molecular formula is C7H16NO3S-. The average Bonchev–Trinajstić information content (AvgIpc) is 1.98. The third-order valence-corrected chi connectivity index (χ3v) is 2.02. The highest BCUT2D eigenvalue weighted by atomic mass is 32.2. The van der Waals surface area contributed by atoms with Gasteiger partial charge >= 0.3 is 0 Å². The molecule has 1 N–H and O–H groups in total. The maximum absolute atomic E-state index is 10.1. The number of ether oxygens (including phenoxy) is 1. The van der Waals surface area contributed by atoms with E-state index in [0.29, 0.717) is 13.0 Å². The minimum atomic E-state index is -1.91. The SMILES string of the molecule is COCC(C)NCCCS(=O)[O-]. The summed E-state index contributed by atoms with van der Waals surface area (Å²) in [5, 5.41) is 3.14. The van der Waals surface area contributed by atoms with Crippen LogP contribution in [0, 0.1) is 0 Å². The van der Waals surface area contributed by atoms with Crippen molar-refractivity contribution in [2.75, 3.05) is 26.0 Å². The molecule has 0 fully saturated rings. The fourth-order valence-corrected chi connectivity index (χ4v) is 1.23. The van der Waals surface area contributed by atoms with Crippen molar-refractivity contribution in [2.45, 2.75) is 19.4 Å². The maximum Gasteiger partial charge on any atom is 0.0613 e. The molecule has 0 aliphatic carbocycles. The van der Waals surface area contributed by atoms with E-state index in [1.54, 1.807) is 7.11 Å². The molecule has 0 aromatic carbocycles. The predicted molar refractivity (Wildman–Crippen MR) is 47.7 cm³/mol. The average molecular weight is 194 g/mol. The van der Waals surface area contributed by atoms with Crippen molar-refractivity contribution in [1.82, 2.24) is 5.32 Å². The molecule has 0 saturated heterocycles. The summed E-state index contributed by atoms with van der Waals surface area (Å²) in [7, 11) is 1.64. The molecule has 5 heteroatoms. The molecule has 0 spiro atoms. The van der Waals surface area contributed by atoms with E-state index < -0.39 is 11.1 Å². The third-order valence-electron chi connectivity index (χ3n) is 1.40. The highest BCUT2D eigenvalue weighted by Gasteiger charge is 1.97. The molecule has 0 aliphatic heterocycles. The summed E-state index contributed by atoms with van der Waals surface area (Å²) in [6.07, 6.45) is 0.657. The van der Waals surface area contributed by atoms with E-state index in [1.807, 2.05) is 6.92 Å². The lowest BCUT2D eigenvalue weighted by atomic mass is 10.3. The minimum Gasteiger partial charge on any atom is -0.772 e. The number of hydrogen-bond acceptors (Lipinski definition) is 4. The minimum absolute atomic E-state index is 0.229. The van der Waals surface area contributed by atoms with Crippen LogP contribution in [0.25, 0.3) is 0 Å². The van der Waals surface area contributed by atoms with Crippen LogP contribution in [0.15, 0.2) is 0 Å². The quantitative estimate of drug-likeness (QED) is 0.453. The Labute approximate surface area is 76.0 Å². The van der Waals surface area contributed by atoms with Crippen LogP contribution >= 0.6 is 0 Å². The van der Waals surface area contributed by atoms with Crippen molar-refractivity contribution < 1.29 is 13.5 Å². The first-order valence-corrected chi connectivity index (χ1v) is 5.19.